The zero-order chi connectivity index (χ0) is 21.7. The molecule has 0 aromatic heterocycles. The first-order chi connectivity index (χ1) is 14.2. The fourth-order valence-corrected chi connectivity index (χ4v) is 8.70. The Morgan fingerprint density at radius 2 is 1.90 bits per heavy atom. The molecule has 30 heavy (non-hydrogen) atoms. The van der Waals surface area contributed by atoms with Crippen molar-refractivity contribution < 1.29 is 13.9 Å². The van der Waals surface area contributed by atoms with Gasteiger partial charge in [-0.2, -0.15) is 0 Å². The van der Waals surface area contributed by atoms with Crippen LogP contribution in [0.15, 0.2) is 11.6 Å². The summed E-state index contributed by atoms with van der Waals surface area (Å²) in [6.45, 7) is 8.85. The van der Waals surface area contributed by atoms with Crippen molar-refractivity contribution in [1.29, 1.82) is 0 Å². The van der Waals surface area contributed by atoms with Crippen molar-refractivity contribution >= 4 is 0 Å². The van der Waals surface area contributed by atoms with E-state index in [1.165, 1.54) is 12.0 Å². The fraction of sp³-hybridized carbons (Fsp3) is 0.926. The molecular formula is C27H44F2O. The Kier molecular flexibility index (Phi) is 6.43. The minimum absolute atomic E-state index is 0.113. The second-order valence-corrected chi connectivity index (χ2v) is 12.1. The molecule has 1 nitrogen and oxygen atoms in total. The molecule has 4 aliphatic rings. The standard InChI is InChI=1S/C27H44F2O/c1-17(16-28)6-5-7-18(2)25-24(29)15-23-21-9-8-19-14-20(30)10-12-26(19,3)22(21)11-13-27(23,25)4/h8,17-18,20-25,30H,5-7,9-16H2,1-4H3/t17-,18-,20+,21-,22?,23+,24-,25?,26+,27+/m1/s1. The van der Waals surface area contributed by atoms with Crippen molar-refractivity contribution in [2.75, 3.05) is 6.67 Å². The second-order valence-electron chi connectivity index (χ2n) is 12.1. The summed E-state index contributed by atoms with van der Waals surface area (Å²) >= 11 is 0. The van der Waals surface area contributed by atoms with E-state index in [1.54, 1.807) is 0 Å². The molecule has 172 valence electrons. The number of hydrogen-bond acceptors (Lipinski definition) is 1. The summed E-state index contributed by atoms with van der Waals surface area (Å²) in [7, 11) is 0. The molecule has 4 aliphatic carbocycles. The maximum Gasteiger partial charge on any atom is 0.104 e. The van der Waals surface area contributed by atoms with Gasteiger partial charge >= 0.3 is 0 Å². The highest BCUT2D eigenvalue weighted by Gasteiger charge is 2.62. The van der Waals surface area contributed by atoms with E-state index >= 15 is 4.39 Å². The van der Waals surface area contributed by atoms with Crippen LogP contribution in [0.2, 0.25) is 0 Å². The van der Waals surface area contributed by atoms with Crippen molar-refractivity contribution in [3.8, 4) is 0 Å². The normalized spacial score (nSPS) is 47.6. The number of hydrogen-bond donors (Lipinski definition) is 1. The lowest BCUT2D eigenvalue weighted by molar-refractivity contribution is -0.0595. The van der Waals surface area contributed by atoms with Crippen LogP contribution in [0.3, 0.4) is 0 Å². The van der Waals surface area contributed by atoms with Gasteiger partial charge in [0.05, 0.1) is 12.8 Å². The molecule has 0 heterocycles. The fourth-order valence-electron chi connectivity index (χ4n) is 8.70. The van der Waals surface area contributed by atoms with Gasteiger partial charge in [-0.3, -0.25) is 4.39 Å². The second kappa shape index (κ2) is 8.49. The molecule has 3 saturated carbocycles. The van der Waals surface area contributed by atoms with Crippen molar-refractivity contribution in [3.63, 3.8) is 0 Å². The van der Waals surface area contributed by atoms with E-state index < -0.39 is 6.17 Å². The van der Waals surface area contributed by atoms with Gasteiger partial charge in [-0.1, -0.05) is 52.2 Å². The van der Waals surface area contributed by atoms with E-state index in [4.69, 9.17) is 0 Å². The van der Waals surface area contributed by atoms with E-state index in [0.717, 1.165) is 57.8 Å². The largest absolute Gasteiger partial charge is 0.393 e. The quantitative estimate of drug-likeness (QED) is 0.446. The van der Waals surface area contributed by atoms with Gasteiger partial charge < -0.3 is 5.11 Å². The highest BCUT2D eigenvalue weighted by molar-refractivity contribution is 5.25. The molecule has 3 heteroatoms. The topological polar surface area (TPSA) is 20.2 Å². The Labute approximate surface area is 183 Å². The molecular weight excluding hydrogens is 378 g/mol. The van der Waals surface area contributed by atoms with Crippen LogP contribution in [0.25, 0.3) is 0 Å². The number of allylic oxidation sites excluding steroid dienone is 1. The molecule has 0 aliphatic heterocycles. The number of rotatable bonds is 6. The van der Waals surface area contributed by atoms with Gasteiger partial charge in [-0.15, -0.1) is 0 Å². The molecule has 0 radical (unpaired) electrons. The Morgan fingerprint density at radius 3 is 2.63 bits per heavy atom. The van der Waals surface area contributed by atoms with E-state index in [-0.39, 0.29) is 35.4 Å². The maximum atomic E-state index is 15.6. The first-order valence-corrected chi connectivity index (χ1v) is 12.8. The van der Waals surface area contributed by atoms with Gasteiger partial charge in [0, 0.05) is 0 Å². The minimum Gasteiger partial charge on any atom is -0.393 e. The summed E-state index contributed by atoms with van der Waals surface area (Å²) in [5.74, 6) is 2.44. The number of fused-ring (bicyclic) bond motifs is 5. The first-order valence-electron chi connectivity index (χ1n) is 12.8. The molecule has 2 unspecified atom stereocenters. The van der Waals surface area contributed by atoms with Gasteiger partial charge in [-0.05, 0) is 97.7 Å². The predicted octanol–water partition coefficient (Wildman–Crippen LogP) is 7.29. The number of aliphatic hydroxyl groups excluding tert-OH is 1. The molecule has 3 fully saturated rings. The molecule has 0 aromatic carbocycles. The highest BCUT2D eigenvalue weighted by Crippen LogP contribution is 2.67. The third kappa shape index (κ3) is 3.69. The lowest BCUT2D eigenvalue weighted by Crippen LogP contribution is -2.51. The van der Waals surface area contributed by atoms with Gasteiger partial charge in [-0.25, -0.2) is 4.39 Å². The summed E-state index contributed by atoms with van der Waals surface area (Å²) in [5.41, 5.74) is 1.83. The summed E-state index contributed by atoms with van der Waals surface area (Å²) < 4.78 is 28.4. The summed E-state index contributed by atoms with van der Waals surface area (Å²) in [5, 5.41) is 10.2. The molecule has 0 aromatic rings. The van der Waals surface area contributed by atoms with E-state index in [2.05, 4.69) is 26.8 Å². The third-order valence-electron chi connectivity index (χ3n) is 10.4. The van der Waals surface area contributed by atoms with Crippen molar-refractivity contribution in [2.45, 2.75) is 104 Å². The zero-order valence-electron chi connectivity index (χ0n) is 19.7. The van der Waals surface area contributed by atoms with Gasteiger partial charge in [0.25, 0.3) is 0 Å². The zero-order valence-corrected chi connectivity index (χ0v) is 19.7. The average Bonchev–Trinajstić information content (AvgIpc) is 2.98. The van der Waals surface area contributed by atoms with Gasteiger partial charge in [0.2, 0.25) is 0 Å². The van der Waals surface area contributed by atoms with Crippen LogP contribution >= 0.6 is 0 Å². The monoisotopic (exact) mass is 422 g/mol. The summed E-state index contributed by atoms with van der Waals surface area (Å²) in [6, 6.07) is 0. The smallest absolute Gasteiger partial charge is 0.104 e. The first kappa shape index (κ1) is 22.7. The highest BCUT2D eigenvalue weighted by atomic mass is 19.1. The molecule has 0 spiro atoms. The average molecular weight is 423 g/mol. The van der Waals surface area contributed by atoms with Gasteiger partial charge in [0.1, 0.15) is 6.17 Å². The van der Waals surface area contributed by atoms with Crippen LogP contribution in [0.4, 0.5) is 8.78 Å². The summed E-state index contributed by atoms with van der Waals surface area (Å²) in [6.07, 6.45) is 11.6. The lowest BCUT2D eigenvalue weighted by atomic mass is 9.47. The van der Waals surface area contributed by atoms with E-state index in [0.29, 0.717) is 23.7 Å². The molecule has 10 atom stereocenters. The van der Waals surface area contributed by atoms with Crippen LogP contribution in [0, 0.1) is 46.3 Å². The number of halogens is 2. The Morgan fingerprint density at radius 1 is 1.13 bits per heavy atom. The summed E-state index contributed by atoms with van der Waals surface area (Å²) in [4.78, 5) is 0. The van der Waals surface area contributed by atoms with Crippen molar-refractivity contribution in [2.24, 2.45) is 46.3 Å². The number of aliphatic hydroxyl groups is 1. The van der Waals surface area contributed by atoms with Crippen molar-refractivity contribution in [1.82, 2.24) is 0 Å². The Bertz CT molecular complexity index is 647. The van der Waals surface area contributed by atoms with Crippen LogP contribution in [-0.4, -0.2) is 24.1 Å². The van der Waals surface area contributed by atoms with Crippen LogP contribution < -0.4 is 0 Å². The SMILES string of the molecule is C[C@@H](CF)CCC[C@@H](C)C1[C@H](F)C[C@H]2[C@@H]3CC=C4C[C@@H](O)CC[C@]4(C)C3CC[C@]12C. The van der Waals surface area contributed by atoms with Crippen molar-refractivity contribution in [3.05, 3.63) is 11.6 Å². The van der Waals surface area contributed by atoms with Crippen LogP contribution in [0.5, 0.6) is 0 Å². The van der Waals surface area contributed by atoms with Gasteiger partial charge in [0.15, 0.2) is 0 Å². The third-order valence-corrected chi connectivity index (χ3v) is 10.4. The molecule has 0 saturated heterocycles. The van der Waals surface area contributed by atoms with E-state index in [9.17, 15) is 9.50 Å². The Hall–Kier alpha value is -0.440. The van der Waals surface area contributed by atoms with E-state index in [1.807, 2.05) is 6.92 Å². The van der Waals surface area contributed by atoms with Crippen LogP contribution in [-0.2, 0) is 0 Å². The predicted molar refractivity (Wildman–Crippen MR) is 120 cm³/mol. The maximum absolute atomic E-state index is 15.6. The van der Waals surface area contributed by atoms with Crippen LogP contribution in [0.1, 0.15) is 91.9 Å². The minimum atomic E-state index is -0.682. The molecule has 0 amide bonds. The number of alkyl halides is 2. The lowest BCUT2D eigenvalue weighted by Gasteiger charge is -2.58. The molecule has 0 bridgehead atoms. The molecule has 1 N–H and O–H groups in total. The Balaban J connectivity index is 1.50. The molecule has 4 rings (SSSR count).